The van der Waals surface area contributed by atoms with Crippen LogP contribution in [-0.2, 0) is 4.79 Å². The van der Waals surface area contributed by atoms with Crippen LogP contribution in [0.1, 0.15) is 59.3 Å². The second-order valence-corrected chi connectivity index (χ2v) is 5.22. The van der Waals surface area contributed by atoms with Gasteiger partial charge in [0.1, 0.15) is 0 Å². The highest BCUT2D eigenvalue weighted by atomic mass is 16.1. The van der Waals surface area contributed by atoms with E-state index in [9.17, 15) is 4.79 Å². The van der Waals surface area contributed by atoms with Crippen molar-refractivity contribution in [2.24, 2.45) is 0 Å². The number of carbonyl (C=O) groups is 1. The van der Waals surface area contributed by atoms with E-state index in [1.54, 1.807) is 0 Å². The van der Waals surface area contributed by atoms with Gasteiger partial charge in [-0.15, -0.1) is 0 Å². The van der Waals surface area contributed by atoms with Crippen LogP contribution in [0.5, 0.6) is 0 Å². The zero-order chi connectivity index (χ0) is 12.7. The molecule has 0 saturated carbocycles. The normalized spacial score (nSPS) is 23.4. The quantitative estimate of drug-likeness (QED) is 0.774. The molecule has 0 bridgehead atoms. The summed E-state index contributed by atoms with van der Waals surface area (Å²) in [5.74, 6) is 0.208. The molecule has 1 amide bonds. The third-order valence-electron chi connectivity index (χ3n) is 3.87. The Labute approximate surface area is 106 Å². The van der Waals surface area contributed by atoms with Gasteiger partial charge >= 0.3 is 0 Å². The predicted molar refractivity (Wildman–Crippen MR) is 72.0 cm³/mol. The summed E-state index contributed by atoms with van der Waals surface area (Å²) in [7, 11) is 0. The molecule has 1 rings (SSSR count). The van der Waals surface area contributed by atoms with Gasteiger partial charge < -0.3 is 5.32 Å². The lowest BCUT2D eigenvalue weighted by atomic mass is 10.00. The molecule has 0 aromatic heterocycles. The molecule has 17 heavy (non-hydrogen) atoms. The molecule has 1 aliphatic heterocycles. The van der Waals surface area contributed by atoms with Crippen molar-refractivity contribution in [1.29, 1.82) is 0 Å². The third kappa shape index (κ3) is 5.07. The van der Waals surface area contributed by atoms with Crippen LogP contribution in [0, 0.1) is 0 Å². The molecule has 3 nitrogen and oxygen atoms in total. The van der Waals surface area contributed by atoms with Crippen molar-refractivity contribution in [3.63, 3.8) is 0 Å². The van der Waals surface area contributed by atoms with Crippen LogP contribution in [0.25, 0.3) is 0 Å². The van der Waals surface area contributed by atoms with Gasteiger partial charge in [-0.1, -0.05) is 20.3 Å². The van der Waals surface area contributed by atoms with E-state index in [4.69, 9.17) is 0 Å². The molecule has 2 unspecified atom stereocenters. The minimum absolute atomic E-state index is 0.208. The van der Waals surface area contributed by atoms with E-state index in [1.165, 1.54) is 32.2 Å². The van der Waals surface area contributed by atoms with Crippen molar-refractivity contribution in [3.8, 4) is 0 Å². The van der Waals surface area contributed by atoms with E-state index >= 15 is 0 Å². The van der Waals surface area contributed by atoms with E-state index in [-0.39, 0.29) is 5.91 Å². The average Bonchev–Trinajstić information content (AvgIpc) is 2.36. The number of hydrogen-bond donors (Lipinski definition) is 1. The van der Waals surface area contributed by atoms with Crippen molar-refractivity contribution in [3.05, 3.63) is 0 Å². The first-order chi connectivity index (χ1) is 8.17. The molecule has 0 aromatic carbocycles. The van der Waals surface area contributed by atoms with E-state index in [0.717, 1.165) is 13.0 Å². The highest BCUT2D eigenvalue weighted by molar-refractivity contribution is 5.76. The molecule has 2 atom stereocenters. The van der Waals surface area contributed by atoms with Crippen molar-refractivity contribution in [2.75, 3.05) is 13.1 Å². The summed E-state index contributed by atoms with van der Waals surface area (Å²) in [4.78, 5) is 14.2. The highest BCUT2D eigenvalue weighted by Gasteiger charge is 2.21. The highest BCUT2D eigenvalue weighted by Crippen LogP contribution is 2.19. The lowest BCUT2D eigenvalue weighted by molar-refractivity contribution is -0.122. The van der Waals surface area contributed by atoms with Gasteiger partial charge in [-0.2, -0.15) is 0 Å². The van der Waals surface area contributed by atoms with E-state index in [1.807, 2.05) is 0 Å². The van der Waals surface area contributed by atoms with Gasteiger partial charge in [-0.05, 0) is 39.2 Å². The topological polar surface area (TPSA) is 32.3 Å². The molecule has 0 aromatic rings. The minimum atomic E-state index is 0.208. The molecule has 1 N–H and O–H groups in total. The lowest BCUT2D eigenvalue weighted by Gasteiger charge is -2.35. The SMILES string of the molecule is CCC(C)NC(=O)CCN1CCCCC1CC. The number of carbonyl (C=O) groups excluding carboxylic acids is 1. The Morgan fingerprint density at radius 2 is 2.18 bits per heavy atom. The monoisotopic (exact) mass is 240 g/mol. The first-order valence-corrected chi connectivity index (χ1v) is 7.20. The summed E-state index contributed by atoms with van der Waals surface area (Å²) in [6, 6.07) is 1.02. The van der Waals surface area contributed by atoms with Gasteiger partial charge in [0, 0.05) is 25.0 Å². The zero-order valence-corrected chi connectivity index (χ0v) is 11.7. The molecule has 1 saturated heterocycles. The fraction of sp³-hybridized carbons (Fsp3) is 0.929. The fourth-order valence-electron chi connectivity index (χ4n) is 2.51. The Morgan fingerprint density at radius 1 is 1.41 bits per heavy atom. The smallest absolute Gasteiger partial charge is 0.221 e. The molecule has 1 fully saturated rings. The molecule has 3 heteroatoms. The average molecular weight is 240 g/mol. The third-order valence-corrected chi connectivity index (χ3v) is 3.87. The second-order valence-electron chi connectivity index (χ2n) is 5.22. The summed E-state index contributed by atoms with van der Waals surface area (Å²) in [6.07, 6.45) is 6.84. The van der Waals surface area contributed by atoms with Gasteiger partial charge in [0.15, 0.2) is 0 Å². The fourth-order valence-corrected chi connectivity index (χ4v) is 2.51. The number of nitrogens with zero attached hydrogens (tertiary/aromatic N) is 1. The Bertz CT molecular complexity index is 230. The Hall–Kier alpha value is -0.570. The maximum atomic E-state index is 11.7. The van der Waals surface area contributed by atoms with Gasteiger partial charge in [0.05, 0.1) is 0 Å². The minimum Gasteiger partial charge on any atom is -0.354 e. The largest absolute Gasteiger partial charge is 0.354 e. The first kappa shape index (κ1) is 14.5. The first-order valence-electron chi connectivity index (χ1n) is 7.20. The number of piperidine rings is 1. The van der Waals surface area contributed by atoms with Gasteiger partial charge in [-0.25, -0.2) is 0 Å². The molecule has 1 heterocycles. The summed E-state index contributed by atoms with van der Waals surface area (Å²) >= 11 is 0. The van der Waals surface area contributed by atoms with E-state index in [2.05, 4.69) is 31.0 Å². The van der Waals surface area contributed by atoms with E-state index in [0.29, 0.717) is 18.5 Å². The van der Waals surface area contributed by atoms with Crippen LogP contribution in [0.4, 0.5) is 0 Å². The van der Waals surface area contributed by atoms with Gasteiger partial charge in [0.25, 0.3) is 0 Å². The standard InChI is InChI=1S/C14H28N2O/c1-4-12(3)15-14(17)9-11-16-10-7-6-8-13(16)5-2/h12-13H,4-11H2,1-3H3,(H,15,17). The maximum Gasteiger partial charge on any atom is 0.221 e. The molecule has 0 radical (unpaired) electrons. The van der Waals surface area contributed by atoms with Crippen LogP contribution < -0.4 is 5.32 Å². The van der Waals surface area contributed by atoms with Crippen LogP contribution >= 0.6 is 0 Å². The van der Waals surface area contributed by atoms with Crippen LogP contribution in [0.3, 0.4) is 0 Å². The van der Waals surface area contributed by atoms with Crippen LogP contribution in [-0.4, -0.2) is 36.0 Å². The molecule has 0 spiro atoms. The Balaban J connectivity index is 2.26. The molecule has 100 valence electrons. The summed E-state index contributed by atoms with van der Waals surface area (Å²) in [6.45, 7) is 8.52. The van der Waals surface area contributed by atoms with Gasteiger partial charge in [-0.3, -0.25) is 9.69 Å². The molecular formula is C14H28N2O. The lowest BCUT2D eigenvalue weighted by Crippen LogP contribution is -2.42. The Kier molecular flexibility index (Phi) is 6.56. The molecule has 0 aliphatic carbocycles. The predicted octanol–water partition coefficient (Wildman–Crippen LogP) is 2.56. The second kappa shape index (κ2) is 7.70. The van der Waals surface area contributed by atoms with Crippen molar-refractivity contribution < 1.29 is 4.79 Å². The van der Waals surface area contributed by atoms with Crippen molar-refractivity contribution in [2.45, 2.75) is 71.4 Å². The zero-order valence-electron chi connectivity index (χ0n) is 11.7. The Morgan fingerprint density at radius 3 is 2.82 bits per heavy atom. The summed E-state index contributed by atoms with van der Waals surface area (Å²) in [5, 5.41) is 3.04. The number of hydrogen-bond acceptors (Lipinski definition) is 2. The number of rotatable bonds is 6. The molecular weight excluding hydrogens is 212 g/mol. The van der Waals surface area contributed by atoms with E-state index < -0.39 is 0 Å². The van der Waals surface area contributed by atoms with Gasteiger partial charge in [0.2, 0.25) is 5.91 Å². The van der Waals surface area contributed by atoms with Crippen LogP contribution in [0.2, 0.25) is 0 Å². The maximum absolute atomic E-state index is 11.7. The number of nitrogens with one attached hydrogen (secondary N) is 1. The summed E-state index contributed by atoms with van der Waals surface area (Å²) < 4.78 is 0. The van der Waals surface area contributed by atoms with Crippen LogP contribution in [0.15, 0.2) is 0 Å². The molecule has 1 aliphatic rings. The number of likely N-dealkylation sites (tertiary alicyclic amines) is 1. The number of amides is 1. The van der Waals surface area contributed by atoms with Crippen molar-refractivity contribution >= 4 is 5.91 Å². The van der Waals surface area contributed by atoms with Crippen molar-refractivity contribution in [1.82, 2.24) is 10.2 Å². The summed E-state index contributed by atoms with van der Waals surface area (Å²) in [5.41, 5.74) is 0.